The van der Waals surface area contributed by atoms with Crippen molar-refractivity contribution in [2.24, 2.45) is 0 Å². The second kappa shape index (κ2) is 5.67. The maximum absolute atomic E-state index is 6.20. The van der Waals surface area contributed by atoms with Crippen molar-refractivity contribution < 1.29 is 0 Å². The summed E-state index contributed by atoms with van der Waals surface area (Å²) in [7, 11) is 0. The highest BCUT2D eigenvalue weighted by atomic mass is 35.5. The molecule has 0 amide bonds. The van der Waals surface area contributed by atoms with Crippen molar-refractivity contribution in [1.82, 2.24) is 9.97 Å². The molecule has 2 aromatic heterocycles. The maximum Gasteiger partial charge on any atom is 0.223 e. The van der Waals surface area contributed by atoms with Crippen LogP contribution in [-0.2, 0) is 6.42 Å². The molecule has 0 aliphatic rings. The van der Waals surface area contributed by atoms with Gasteiger partial charge in [0.05, 0.1) is 21.1 Å². The van der Waals surface area contributed by atoms with Crippen LogP contribution in [0.4, 0.5) is 17.5 Å². The second-order valence-corrected chi connectivity index (χ2v) is 6.34. The molecule has 0 unspecified atom stereocenters. The van der Waals surface area contributed by atoms with Gasteiger partial charge in [-0.3, -0.25) is 0 Å². The Bertz CT molecular complexity index is 816. The van der Waals surface area contributed by atoms with Crippen molar-refractivity contribution in [3.05, 3.63) is 39.2 Å². The van der Waals surface area contributed by atoms with Crippen molar-refractivity contribution in [1.29, 1.82) is 0 Å². The highest BCUT2D eigenvalue weighted by Gasteiger charge is 2.12. The zero-order valence-corrected chi connectivity index (χ0v) is 13.5. The van der Waals surface area contributed by atoms with E-state index < -0.39 is 0 Å². The number of fused-ring (bicyclic) bond motifs is 1. The normalized spacial score (nSPS) is 11.0. The lowest BCUT2D eigenvalue weighted by Crippen LogP contribution is -2.00. The fourth-order valence-electron chi connectivity index (χ4n) is 1.99. The van der Waals surface area contributed by atoms with E-state index in [0.717, 1.165) is 16.6 Å². The summed E-state index contributed by atoms with van der Waals surface area (Å²) >= 11 is 13.8. The van der Waals surface area contributed by atoms with Gasteiger partial charge in [0.15, 0.2) is 0 Å². The van der Waals surface area contributed by atoms with Crippen LogP contribution in [0.15, 0.2) is 24.3 Å². The van der Waals surface area contributed by atoms with Gasteiger partial charge in [-0.15, -0.1) is 11.3 Å². The van der Waals surface area contributed by atoms with E-state index in [1.54, 1.807) is 17.4 Å². The Morgan fingerprint density at radius 3 is 2.86 bits per heavy atom. The molecular formula is C14H12Cl2N4S. The van der Waals surface area contributed by atoms with Crippen molar-refractivity contribution in [2.75, 3.05) is 11.1 Å². The number of nitrogens with one attached hydrogen (secondary N) is 1. The summed E-state index contributed by atoms with van der Waals surface area (Å²) < 4.78 is 0. The summed E-state index contributed by atoms with van der Waals surface area (Å²) in [6, 6.07) is 7.47. The average molecular weight is 339 g/mol. The minimum Gasteiger partial charge on any atom is -0.368 e. The van der Waals surface area contributed by atoms with Gasteiger partial charge in [-0.1, -0.05) is 36.2 Å². The summed E-state index contributed by atoms with van der Waals surface area (Å²) in [4.78, 5) is 10.6. The van der Waals surface area contributed by atoms with Crippen LogP contribution in [-0.4, -0.2) is 9.97 Å². The minimum atomic E-state index is 0.229. The van der Waals surface area contributed by atoms with Crippen LogP contribution >= 0.6 is 34.5 Å². The molecule has 0 spiro atoms. The molecule has 0 saturated heterocycles. The highest BCUT2D eigenvalue weighted by Crippen LogP contribution is 2.35. The lowest BCUT2D eigenvalue weighted by Gasteiger charge is -2.09. The molecule has 1 aromatic carbocycles. The first-order valence-corrected chi connectivity index (χ1v) is 7.92. The first kappa shape index (κ1) is 14.4. The van der Waals surface area contributed by atoms with Gasteiger partial charge in [-0.05, 0) is 24.6 Å². The van der Waals surface area contributed by atoms with E-state index in [-0.39, 0.29) is 5.95 Å². The molecule has 108 valence electrons. The standard InChI is InChI=1S/C14H12Cl2N4S/c1-2-7-6-8-12(19-14(17)20-13(8)21-7)18-10-5-3-4-9(15)11(10)16/h3-6H,2H2,1H3,(H3,17,18,19,20). The van der Waals surface area contributed by atoms with Crippen LogP contribution in [0.3, 0.4) is 0 Å². The largest absolute Gasteiger partial charge is 0.368 e. The van der Waals surface area contributed by atoms with E-state index >= 15 is 0 Å². The third-order valence-corrected chi connectivity index (χ3v) is 5.01. The molecule has 0 aliphatic heterocycles. The number of hydrogen-bond acceptors (Lipinski definition) is 5. The molecule has 2 heterocycles. The number of nitrogens with zero attached hydrogens (tertiary/aromatic N) is 2. The average Bonchev–Trinajstić information content (AvgIpc) is 2.87. The predicted octanol–water partition coefficient (Wildman–Crippen LogP) is 4.89. The molecule has 0 bridgehead atoms. The fraction of sp³-hybridized carbons (Fsp3) is 0.143. The van der Waals surface area contributed by atoms with Crippen LogP contribution in [0.5, 0.6) is 0 Å². The number of aromatic nitrogens is 2. The maximum atomic E-state index is 6.20. The van der Waals surface area contributed by atoms with E-state index in [9.17, 15) is 0 Å². The van der Waals surface area contributed by atoms with Crippen LogP contribution in [0, 0.1) is 0 Å². The van der Waals surface area contributed by atoms with Crippen LogP contribution in [0.1, 0.15) is 11.8 Å². The van der Waals surface area contributed by atoms with E-state index in [2.05, 4.69) is 28.3 Å². The van der Waals surface area contributed by atoms with Gasteiger partial charge in [0, 0.05) is 4.88 Å². The number of thiophene rings is 1. The number of anilines is 3. The number of hydrogen-bond donors (Lipinski definition) is 2. The van der Waals surface area contributed by atoms with Crippen LogP contribution < -0.4 is 11.1 Å². The Labute approximate surface area is 135 Å². The van der Waals surface area contributed by atoms with Crippen LogP contribution in [0.25, 0.3) is 10.2 Å². The fourth-order valence-corrected chi connectivity index (χ4v) is 3.31. The third kappa shape index (κ3) is 2.77. The van der Waals surface area contributed by atoms with Crippen molar-refractivity contribution in [2.45, 2.75) is 13.3 Å². The molecule has 0 atom stereocenters. The number of nitrogen functional groups attached to an aromatic ring is 1. The van der Waals surface area contributed by atoms with Crippen molar-refractivity contribution in [3.63, 3.8) is 0 Å². The summed E-state index contributed by atoms with van der Waals surface area (Å²) in [5.41, 5.74) is 6.47. The van der Waals surface area contributed by atoms with Crippen molar-refractivity contribution >= 4 is 62.2 Å². The molecule has 0 saturated carbocycles. The SMILES string of the molecule is CCc1cc2c(Nc3cccc(Cl)c3Cl)nc(N)nc2s1. The quantitative estimate of drug-likeness (QED) is 0.713. The monoisotopic (exact) mass is 338 g/mol. The Hall–Kier alpha value is -1.56. The Kier molecular flexibility index (Phi) is 3.89. The molecule has 0 radical (unpaired) electrons. The summed E-state index contributed by atoms with van der Waals surface area (Å²) in [6.07, 6.45) is 0.943. The second-order valence-electron chi connectivity index (χ2n) is 4.44. The topological polar surface area (TPSA) is 63.8 Å². The van der Waals surface area contributed by atoms with Crippen LogP contribution in [0.2, 0.25) is 10.0 Å². The first-order valence-electron chi connectivity index (χ1n) is 6.35. The summed E-state index contributed by atoms with van der Waals surface area (Å²) in [6.45, 7) is 2.10. The lowest BCUT2D eigenvalue weighted by molar-refractivity contribution is 1.19. The highest BCUT2D eigenvalue weighted by molar-refractivity contribution is 7.18. The summed E-state index contributed by atoms with van der Waals surface area (Å²) in [5.74, 6) is 0.866. The minimum absolute atomic E-state index is 0.229. The molecule has 7 heteroatoms. The number of aryl methyl sites for hydroxylation is 1. The predicted molar refractivity (Wildman–Crippen MR) is 91.0 cm³/mol. The molecule has 0 fully saturated rings. The van der Waals surface area contributed by atoms with Gasteiger partial charge in [0.25, 0.3) is 0 Å². The zero-order chi connectivity index (χ0) is 15.0. The van der Waals surface area contributed by atoms with Crippen molar-refractivity contribution in [3.8, 4) is 0 Å². The lowest BCUT2D eigenvalue weighted by atomic mass is 10.3. The third-order valence-electron chi connectivity index (χ3n) is 3.01. The number of benzene rings is 1. The van der Waals surface area contributed by atoms with Gasteiger partial charge in [-0.25, -0.2) is 4.98 Å². The zero-order valence-electron chi connectivity index (χ0n) is 11.2. The van der Waals surface area contributed by atoms with Gasteiger partial charge >= 0.3 is 0 Å². The van der Waals surface area contributed by atoms with E-state index in [0.29, 0.717) is 21.6 Å². The number of rotatable bonds is 3. The van der Waals surface area contributed by atoms with E-state index in [1.165, 1.54) is 4.88 Å². The first-order chi connectivity index (χ1) is 10.1. The van der Waals surface area contributed by atoms with Gasteiger partial charge in [-0.2, -0.15) is 4.98 Å². The Balaban J connectivity index is 2.11. The molecule has 3 aromatic rings. The smallest absolute Gasteiger partial charge is 0.223 e. The number of nitrogens with two attached hydrogens (primary N) is 1. The molecule has 3 rings (SSSR count). The van der Waals surface area contributed by atoms with Gasteiger partial charge in [0.2, 0.25) is 5.95 Å². The van der Waals surface area contributed by atoms with E-state index in [4.69, 9.17) is 28.9 Å². The van der Waals surface area contributed by atoms with E-state index in [1.807, 2.05) is 12.1 Å². The number of halogens is 2. The van der Waals surface area contributed by atoms with Gasteiger partial charge < -0.3 is 11.1 Å². The molecule has 21 heavy (non-hydrogen) atoms. The summed E-state index contributed by atoms with van der Waals surface area (Å²) in [5, 5.41) is 5.07. The Morgan fingerprint density at radius 1 is 1.29 bits per heavy atom. The molecule has 0 aliphatic carbocycles. The molecular weight excluding hydrogens is 327 g/mol. The Morgan fingerprint density at radius 2 is 2.10 bits per heavy atom. The van der Waals surface area contributed by atoms with Gasteiger partial charge in [0.1, 0.15) is 10.6 Å². The molecule has 4 nitrogen and oxygen atoms in total. The molecule has 3 N–H and O–H groups in total.